The lowest BCUT2D eigenvalue weighted by atomic mass is 10.2. The summed E-state index contributed by atoms with van der Waals surface area (Å²) < 4.78 is 0. The molecule has 0 aromatic rings. The van der Waals surface area contributed by atoms with Crippen LogP contribution in [0.25, 0.3) is 0 Å². The van der Waals surface area contributed by atoms with Crippen molar-refractivity contribution in [1.82, 2.24) is 5.32 Å². The summed E-state index contributed by atoms with van der Waals surface area (Å²) >= 11 is 0. The molecule has 2 fully saturated rings. The lowest BCUT2D eigenvalue weighted by Crippen LogP contribution is -2.35. The van der Waals surface area contributed by atoms with Crippen molar-refractivity contribution in [2.75, 3.05) is 6.54 Å². The minimum absolute atomic E-state index is 0.636. The van der Waals surface area contributed by atoms with Crippen LogP contribution < -0.4 is 11.1 Å². The van der Waals surface area contributed by atoms with Crippen LogP contribution in [0.3, 0.4) is 0 Å². The largest absolute Gasteiger partial charge is 0.370 e. The minimum atomic E-state index is 0.636. The summed E-state index contributed by atoms with van der Waals surface area (Å²) in [6.45, 7) is 2.78. The van der Waals surface area contributed by atoms with E-state index in [9.17, 15) is 0 Å². The lowest BCUT2D eigenvalue weighted by Gasteiger charge is -2.06. The molecule has 0 spiro atoms. The molecule has 12 heavy (non-hydrogen) atoms. The molecule has 2 aliphatic carbocycles. The summed E-state index contributed by atoms with van der Waals surface area (Å²) in [7, 11) is 0. The van der Waals surface area contributed by atoms with Gasteiger partial charge in [0.2, 0.25) is 0 Å². The van der Waals surface area contributed by atoms with Crippen molar-refractivity contribution in [2.24, 2.45) is 22.6 Å². The second-order valence-corrected chi connectivity index (χ2v) is 3.79. The van der Waals surface area contributed by atoms with E-state index in [1.54, 1.807) is 0 Å². The monoisotopic (exact) mass is 167 g/mol. The van der Waals surface area contributed by atoms with E-state index in [2.05, 4.69) is 10.3 Å². The predicted molar refractivity (Wildman–Crippen MR) is 49.9 cm³/mol. The van der Waals surface area contributed by atoms with Crippen LogP contribution >= 0.6 is 0 Å². The average molecular weight is 167 g/mol. The van der Waals surface area contributed by atoms with E-state index in [1.165, 1.54) is 19.3 Å². The number of nitrogens with zero attached hydrogens (tertiary/aromatic N) is 1. The normalized spacial score (nSPS) is 39.4. The van der Waals surface area contributed by atoms with Crippen LogP contribution in [-0.4, -0.2) is 18.5 Å². The van der Waals surface area contributed by atoms with Gasteiger partial charge in [-0.05, 0) is 31.6 Å². The Morgan fingerprint density at radius 2 is 2.17 bits per heavy atom. The van der Waals surface area contributed by atoms with Crippen molar-refractivity contribution in [3.05, 3.63) is 0 Å². The molecule has 2 atom stereocenters. The Morgan fingerprint density at radius 3 is 2.75 bits per heavy atom. The Morgan fingerprint density at radius 1 is 1.50 bits per heavy atom. The van der Waals surface area contributed by atoms with Crippen molar-refractivity contribution < 1.29 is 0 Å². The van der Waals surface area contributed by atoms with E-state index in [0.29, 0.717) is 12.0 Å². The van der Waals surface area contributed by atoms with Crippen LogP contribution in [0, 0.1) is 11.8 Å². The zero-order chi connectivity index (χ0) is 8.55. The summed E-state index contributed by atoms with van der Waals surface area (Å²) in [5.41, 5.74) is 5.67. The number of hydrogen-bond acceptors (Lipinski definition) is 1. The summed E-state index contributed by atoms with van der Waals surface area (Å²) in [6.07, 6.45) is 4.20. The van der Waals surface area contributed by atoms with Crippen molar-refractivity contribution in [2.45, 2.75) is 32.2 Å². The maximum absolute atomic E-state index is 5.67. The smallest absolute Gasteiger partial charge is 0.188 e. The summed E-state index contributed by atoms with van der Waals surface area (Å²) in [6, 6.07) is 0.661. The minimum Gasteiger partial charge on any atom is -0.370 e. The van der Waals surface area contributed by atoms with Gasteiger partial charge in [-0.3, -0.25) is 4.99 Å². The molecule has 0 aromatic carbocycles. The second-order valence-electron chi connectivity index (χ2n) is 3.79. The first-order valence-corrected chi connectivity index (χ1v) is 4.89. The van der Waals surface area contributed by atoms with Crippen LogP contribution in [0.2, 0.25) is 0 Å². The Labute approximate surface area is 73.4 Å². The van der Waals surface area contributed by atoms with Gasteiger partial charge < -0.3 is 11.1 Å². The summed E-state index contributed by atoms with van der Waals surface area (Å²) in [5, 5.41) is 3.28. The molecule has 2 saturated carbocycles. The van der Waals surface area contributed by atoms with Crippen LogP contribution in [0.15, 0.2) is 4.99 Å². The highest BCUT2D eigenvalue weighted by Crippen LogP contribution is 2.51. The molecule has 0 bridgehead atoms. The zero-order valence-electron chi connectivity index (χ0n) is 7.59. The molecule has 0 saturated heterocycles. The SMILES string of the molecule is CCN=C(N)NC1C2CCCC21. The fraction of sp³-hybridized carbons (Fsp3) is 0.889. The summed E-state index contributed by atoms with van der Waals surface area (Å²) in [5.74, 6) is 2.46. The third-order valence-electron chi connectivity index (χ3n) is 3.05. The van der Waals surface area contributed by atoms with Gasteiger partial charge in [0.1, 0.15) is 0 Å². The molecule has 68 valence electrons. The topological polar surface area (TPSA) is 50.4 Å². The average Bonchev–Trinajstić information content (AvgIpc) is 2.51. The fourth-order valence-electron chi connectivity index (χ4n) is 2.42. The number of aliphatic imine (C=N–C) groups is 1. The van der Waals surface area contributed by atoms with Crippen molar-refractivity contribution in [3.63, 3.8) is 0 Å². The first-order valence-electron chi connectivity index (χ1n) is 4.89. The van der Waals surface area contributed by atoms with E-state index in [1.807, 2.05) is 6.92 Å². The quantitative estimate of drug-likeness (QED) is 0.470. The van der Waals surface area contributed by atoms with Gasteiger partial charge in [-0.15, -0.1) is 0 Å². The molecule has 0 radical (unpaired) electrons. The number of nitrogens with one attached hydrogen (secondary N) is 1. The highest BCUT2D eigenvalue weighted by atomic mass is 15.1. The molecule has 2 aliphatic rings. The highest BCUT2D eigenvalue weighted by molar-refractivity contribution is 5.78. The van der Waals surface area contributed by atoms with Gasteiger partial charge >= 0.3 is 0 Å². The molecule has 2 unspecified atom stereocenters. The molecule has 3 N–H and O–H groups in total. The highest BCUT2D eigenvalue weighted by Gasteiger charge is 2.52. The Kier molecular flexibility index (Phi) is 1.95. The molecule has 0 amide bonds. The number of nitrogens with two attached hydrogens (primary N) is 1. The van der Waals surface area contributed by atoms with Gasteiger partial charge in [0.05, 0.1) is 0 Å². The zero-order valence-corrected chi connectivity index (χ0v) is 7.59. The lowest BCUT2D eigenvalue weighted by molar-refractivity contribution is 0.634. The van der Waals surface area contributed by atoms with Crippen LogP contribution in [0.1, 0.15) is 26.2 Å². The first-order chi connectivity index (χ1) is 5.83. The van der Waals surface area contributed by atoms with Gasteiger partial charge in [-0.1, -0.05) is 6.42 Å². The van der Waals surface area contributed by atoms with Crippen LogP contribution in [-0.2, 0) is 0 Å². The van der Waals surface area contributed by atoms with E-state index in [-0.39, 0.29) is 0 Å². The predicted octanol–water partition coefficient (Wildman–Crippen LogP) is 0.709. The molecule has 0 heterocycles. The third-order valence-corrected chi connectivity index (χ3v) is 3.05. The molecule has 3 heteroatoms. The van der Waals surface area contributed by atoms with Gasteiger partial charge in [-0.2, -0.15) is 0 Å². The van der Waals surface area contributed by atoms with Crippen molar-refractivity contribution in [3.8, 4) is 0 Å². The van der Waals surface area contributed by atoms with Crippen LogP contribution in [0.4, 0.5) is 0 Å². The molecular weight excluding hydrogens is 150 g/mol. The second kappa shape index (κ2) is 2.96. The Bertz CT molecular complexity index is 190. The maximum atomic E-state index is 5.67. The molecule has 3 nitrogen and oxygen atoms in total. The van der Waals surface area contributed by atoms with E-state index in [0.717, 1.165) is 18.4 Å². The number of fused-ring (bicyclic) bond motifs is 1. The fourth-order valence-corrected chi connectivity index (χ4v) is 2.42. The van der Waals surface area contributed by atoms with Crippen LogP contribution in [0.5, 0.6) is 0 Å². The molecule has 2 rings (SSSR count). The number of hydrogen-bond donors (Lipinski definition) is 2. The van der Waals surface area contributed by atoms with E-state index < -0.39 is 0 Å². The Balaban J connectivity index is 1.79. The molecule has 0 aliphatic heterocycles. The van der Waals surface area contributed by atoms with Gasteiger partial charge in [0.15, 0.2) is 5.96 Å². The summed E-state index contributed by atoms with van der Waals surface area (Å²) in [4.78, 5) is 4.12. The van der Waals surface area contributed by atoms with Gasteiger partial charge in [0, 0.05) is 12.6 Å². The number of rotatable bonds is 2. The van der Waals surface area contributed by atoms with Gasteiger partial charge in [0.25, 0.3) is 0 Å². The standard InChI is InChI=1S/C9H17N3/c1-2-11-9(10)12-8-6-4-3-5-7(6)8/h6-8H,2-5H2,1H3,(H3,10,11,12). The molecular formula is C9H17N3. The van der Waals surface area contributed by atoms with Crippen molar-refractivity contribution in [1.29, 1.82) is 0 Å². The first kappa shape index (κ1) is 7.90. The Hall–Kier alpha value is -0.730. The number of guanidine groups is 1. The van der Waals surface area contributed by atoms with E-state index in [4.69, 9.17) is 5.73 Å². The molecule has 0 aromatic heterocycles. The van der Waals surface area contributed by atoms with Gasteiger partial charge in [-0.25, -0.2) is 0 Å². The van der Waals surface area contributed by atoms with Crippen molar-refractivity contribution >= 4 is 5.96 Å². The van der Waals surface area contributed by atoms with E-state index >= 15 is 0 Å². The maximum Gasteiger partial charge on any atom is 0.188 e. The third kappa shape index (κ3) is 1.28.